The Kier molecular flexibility index (Phi) is 6.24. The van der Waals surface area contributed by atoms with Gasteiger partial charge in [0.15, 0.2) is 5.69 Å². The summed E-state index contributed by atoms with van der Waals surface area (Å²) in [4.78, 5) is 19.1. The molecule has 3 heterocycles. The van der Waals surface area contributed by atoms with Crippen LogP contribution in [0.1, 0.15) is 42.6 Å². The van der Waals surface area contributed by atoms with Gasteiger partial charge in [0.2, 0.25) is 11.6 Å². The van der Waals surface area contributed by atoms with Crippen molar-refractivity contribution in [2.45, 2.75) is 27.3 Å². The molecular formula is C17H22N10O2. The van der Waals surface area contributed by atoms with E-state index in [2.05, 4.69) is 45.7 Å². The van der Waals surface area contributed by atoms with Crippen LogP contribution >= 0.6 is 0 Å². The summed E-state index contributed by atoms with van der Waals surface area (Å²) in [5.74, 6) is -0.290. The number of aromatic nitrogens is 6. The first-order chi connectivity index (χ1) is 14.0. The maximum absolute atomic E-state index is 12.8. The van der Waals surface area contributed by atoms with E-state index in [4.69, 9.17) is 5.73 Å². The first-order valence-corrected chi connectivity index (χ1v) is 9.06. The third kappa shape index (κ3) is 4.43. The van der Waals surface area contributed by atoms with Gasteiger partial charge in [-0.15, -0.1) is 5.10 Å². The molecule has 3 aromatic heterocycles. The maximum Gasteiger partial charge on any atom is 0.293 e. The van der Waals surface area contributed by atoms with E-state index < -0.39 is 5.91 Å². The van der Waals surface area contributed by atoms with Gasteiger partial charge in [-0.1, -0.05) is 25.1 Å². The third-order valence-electron chi connectivity index (χ3n) is 4.30. The summed E-state index contributed by atoms with van der Waals surface area (Å²) in [7, 11) is 0. The second-order valence-electron chi connectivity index (χ2n) is 6.08. The number of amides is 1. The van der Waals surface area contributed by atoms with Crippen LogP contribution in [0.25, 0.3) is 5.82 Å². The van der Waals surface area contributed by atoms with E-state index in [1.54, 1.807) is 25.3 Å². The highest BCUT2D eigenvalue weighted by atomic mass is 16.6. The summed E-state index contributed by atoms with van der Waals surface area (Å²) >= 11 is 0. The summed E-state index contributed by atoms with van der Waals surface area (Å²) in [6.07, 6.45) is 1.65. The van der Waals surface area contributed by atoms with E-state index in [1.165, 1.54) is 4.68 Å². The Hall–Kier alpha value is -3.67. The number of hydrogen-bond donors (Lipinski definition) is 2. The van der Waals surface area contributed by atoms with Crippen LogP contribution in [0.15, 0.2) is 34.1 Å². The summed E-state index contributed by atoms with van der Waals surface area (Å²) in [5, 5.41) is 19.5. The molecule has 0 saturated carbocycles. The van der Waals surface area contributed by atoms with Gasteiger partial charge in [0.25, 0.3) is 5.91 Å². The molecule has 12 nitrogen and oxygen atoms in total. The average Bonchev–Trinajstić information content (AvgIpc) is 3.36. The van der Waals surface area contributed by atoms with Crippen LogP contribution < -0.4 is 11.2 Å². The predicted molar refractivity (Wildman–Crippen MR) is 104 cm³/mol. The van der Waals surface area contributed by atoms with Crippen LogP contribution in [0.3, 0.4) is 0 Å². The molecule has 0 spiro atoms. The highest BCUT2D eigenvalue weighted by molar-refractivity contribution is 5.99. The Morgan fingerprint density at radius 1 is 1.31 bits per heavy atom. The molecule has 0 bridgehead atoms. The minimum absolute atomic E-state index is 0.0478. The standard InChI is InChI=1S/C17H22N10O2/c1-4-26(5-2)10-13-14(21-25-27(13)16-15(18)23-29-24-16)17(28)22-20-11(3)12-8-6-7-9-19-12/h6-9H,4-5,10H2,1-3H3,(H2,18,23)(H,22,28)/b20-11+. The van der Waals surface area contributed by atoms with Crippen LogP contribution in [-0.4, -0.2) is 59.9 Å². The van der Waals surface area contributed by atoms with Crippen molar-refractivity contribution in [3.8, 4) is 5.82 Å². The Bertz CT molecular complexity index is 991. The quantitative estimate of drug-likeness (QED) is 0.410. The minimum atomic E-state index is -0.510. The van der Waals surface area contributed by atoms with Gasteiger partial charge < -0.3 is 5.73 Å². The van der Waals surface area contributed by atoms with Gasteiger partial charge in [0, 0.05) is 12.7 Å². The number of hydrogen-bond acceptors (Lipinski definition) is 10. The molecule has 3 aromatic rings. The molecule has 0 aliphatic rings. The van der Waals surface area contributed by atoms with Gasteiger partial charge >= 0.3 is 0 Å². The topological polar surface area (TPSA) is 153 Å². The molecule has 3 rings (SSSR count). The van der Waals surface area contributed by atoms with E-state index in [0.717, 1.165) is 13.1 Å². The molecule has 0 atom stereocenters. The number of nitrogens with two attached hydrogens (primary N) is 1. The summed E-state index contributed by atoms with van der Waals surface area (Å²) in [5.41, 5.74) is 10.1. The smallest absolute Gasteiger partial charge is 0.293 e. The van der Waals surface area contributed by atoms with Crippen LogP contribution in [0.4, 0.5) is 5.82 Å². The minimum Gasteiger partial charge on any atom is -0.378 e. The van der Waals surface area contributed by atoms with E-state index in [-0.39, 0.29) is 17.3 Å². The van der Waals surface area contributed by atoms with Gasteiger partial charge in [-0.05, 0) is 42.5 Å². The molecule has 152 valence electrons. The molecular weight excluding hydrogens is 376 g/mol. The predicted octanol–water partition coefficient (Wildman–Crippen LogP) is 0.623. The first kappa shape index (κ1) is 20.1. The Balaban J connectivity index is 1.90. The molecule has 12 heteroatoms. The van der Waals surface area contributed by atoms with Gasteiger partial charge in [0.05, 0.1) is 17.1 Å². The van der Waals surface area contributed by atoms with Crippen LogP contribution in [0.5, 0.6) is 0 Å². The number of carbonyl (C=O) groups excluding carboxylic acids is 1. The van der Waals surface area contributed by atoms with Crippen molar-refractivity contribution in [2.75, 3.05) is 18.8 Å². The molecule has 0 radical (unpaired) electrons. The molecule has 0 aromatic carbocycles. The van der Waals surface area contributed by atoms with Crippen molar-refractivity contribution in [2.24, 2.45) is 5.10 Å². The number of nitrogen functional groups attached to an aromatic ring is 1. The number of rotatable bonds is 8. The average molecular weight is 398 g/mol. The molecule has 29 heavy (non-hydrogen) atoms. The molecule has 0 fully saturated rings. The van der Waals surface area contributed by atoms with Crippen LogP contribution in [0, 0.1) is 0 Å². The monoisotopic (exact) mass is 398 g/mol. The molecule has 0 saturated heterocycles. The van der Waals surface area contributed by atoms with Gasteiger partial charge in [-0.2, -0.15) is 9.78 Å². The number of pyridine rings is 1. The second-order valence-corrected chi connectivity index (χ2v) is 6.08. The molecule has 0 aliphatic carbocycles. The van der Waals surface area contributed by atoms with Crippen molar-refractivity contribution in [3.05, 3.63) is 41.5 Å². The van der Waals surface area contributed by atoms with Crippen molar-refractivity contribution in [1.82, 2.24) is 40.6 Å². The number of anilines is 1. The second kappa shape index (κ2) is 9.01. The zero-order valence-electron chi connectivity index (χ0n) is 16.4. The normalized spacial score (nSPS) is 11.8. The van der Waals surface area contributed by atoms with E-state index in [1.807, 2.05) is 19.9 Å². The SMILES string of the molecule is CCN(CC)Cc1c(C(=O)N/N=C(\C)c2ccccn2)nnn1-c1nonc1N. The van der Waals surface area contributed by atoms with Crippen LogP contribution in [0.2, 0.25) is 0 Å². The lowest BCUT2D eigenvalue weighted by molar-refractivity contribution is 0.0947. The highest BCUT2D eigenvalue weighted by Crippen LogP contribution is 2.17. The van der Waals surface area contributed by atoms with E-state index >= 15 is 0 Å². The lowest BCUT2D eigenvalue weighted by Crippen LogP contribution is -2.27. The molecule has 3 N–H and O–H groups in total. The van der Waals surface area contributed by atoms with E-state index in [9.17, 15) is 4.79 Å². The Morgan fingerprint density at radius 2 is 2.10 bits per heavy atom. The molecule has 0 unspecified atom stereocenters. The zero-order chi connectivity index (χ0) is 20.8. The summed E-state index contributed by atoms with van der Waals surface area (Å²) < 4.78 is 6.01. The van der Waals surface area contributed by atoms with Crippen molar-refractivity contribution in [3.63, 3.8) is 0 Å². The number of hydrazone groups is 1. The number of carbonyl (C=O) groups is 1. The van der Waals surface area contributed by atoms with Crippen molar-refractivity contribution < 1.29 is 9.42 Å². The van der Waals surface area contributed by atoms with E-state index in [0.29, 0.717) is 23.6 Å². The third-order valence-corrected chi connectivity index (χ3v) is 4.30. The fourth-order valence-electron chi connectivity index (χ4n) is 2.61. The summed E-state index contributed by atoms with van der Waals surface area (Å²) in [6, 6.07) is 5.44. The fourth-order valence-corrected chi connectivity index (χ4v) is 2.61. The highest BCUT2D eigenvalue weighted by Gasteiger charge is 2.25. The lowest BCUT2D eigenvalue weighted by Gasteiger charge is -2.18. The number of nitrogens with one attached hydrogen (secondary N) is 1. The molecule has 1 amide bonds. The number of nitrogens with zero attached hydrogens (tertiary/aromatic N) is 8. The van der Waals surface area contributed by atoms with Crippen molar-refractivity contribution in [1.29, 1.82) is 0 Å². The van der Waals surface area contributed by atoms with Crippen LogP contribution in [-0.2, 0) is 6.54 Å². The van der Waals surface area contributed by atoms with Gasteiger partial charge in [-0.25, -0.2) is 10.1 Å². The maximum atomic E-state index is 12.8. The Labute approximate surface area is 166 Å². The fraction of sp³-hybridized carbons (Fsp3) is 0.353. The van der Waals surface area contributed by atoms with Gasteiger partial charge in [-0.3, -0.25) is 14.7 Å². The lowest BCUT2D eigenvalue weighted by atomic mass is 10.2. The Morgan fingerprint density at radius 3 is 2.72 bits per heavy atom. The molecule has 0 aliphatic heterocycles. The van der Waals surface area contributed by atoms with Gasteiger partial charge in [0.1, 0.15) is 0 Å². The zero-order valence-corrected chi connectivity index (χ0v) is 16.4. The first-order valence-electron chi connectivity index (χ1n) is 9.06. The largest absolute Gasteiger partial charge is 0.378 e. The van der Waals surface area contributed by atoms with Crippen molar-refractivity contribution >= 4 is 17.4 Å². The summed E-state index contributed by atoms with van der Waals surface area (Å²) in [6.45, 7) is 7.72.